The maximum atomic E-state index is 11.4. The van der Waals surface area contributed by atoms with Crippen molar-refractivity contribution in [3.63, 3.8) is 0 Å². The predicted molar refractivity (Wildman–Crippen MR) is 248 cm³/mol. The number of rotatable bonds is 10. The second-order valence-corrected chi connectivity index (χ2v) is 15.5. The van der Waals surface area contributed by atoms with Crippen molar-refractivity contribution in [2.75, 3.05) is 0 Å². The fraction of sp³-hybridized carbons (Fsp3) is 0.104. The number of aromatic hydroxyl groups is 2. The van der Waals surface area contributed by atoms with Gasteiger partial charge in [-0.3, -0.25) is 4.79 Å². The number of carbonyl (C=O) groups excluding carboxylic acids is 1. The lowest BCUT2D eigenvalue weighted by Gasteiger charge is -2.11. The summed E-state index contributed by atoms with van der Waals surface area (Å²) >= 11 is 0. The fourth-order valence-electron chi connectivity index (χ4n) is 8.03. The van der Waals surface area contributed by atoms with E-state index in [-0.39, 0.29) is 23.2 Å². The lowest BCUT2D eigenvalue weighted by atomic mass is 9.98. The number of hydrogen-bond acceptors (Lipinski definition) is 16. The topological polar surface area (TPSA) is 263 Å². The molecule has 0 saturated carbocycles. The van der Waals surface area contributed by atoms with Crippen molar-refractivity contribution in [1.82, 2.24) is 80.7 Å². The molecule has 0 aliphatic heterocycles. The molecule has 6 heterocycles. The summed E-state index contributed by atoms with van der Waals surface area (Å²) in [5.41, 5.74) is 11.3. The smallest absolute Gasteiger partial charge is 0.309 e. The van der Waals surface area contributed by atoms with Crippen molar-refractivity contribution in [2.45, 2.75) is 33.9 Å². The molecule has 0 amide bonds. The average Bonchev–Trinajstić information content (AvgIpc) is 4.21. The average molecular weight is 903 g/mol. The summed E-state index contributed by atoms with van der Waals surface area (Å²) in [6, 6.07) is 41.9. The number of aromatic nitrogens is 16. The van der Waals surface area contributed by atoms with Gasteiger partial charge in [-0.2, -0.15) is 0 Å². The minimum Gasteiger partial charge on any atom is -0.491 e. The van der Waals surface area contributed by atoms with Gasteiger partial charge >= 0.3 is 5.97 Å². The zero-order valence-electron chi connectivity index (χ0n) is 36.5. The number of aryl methyl sites for hydroxylation is 2. The first-order valence-electron chi connectivity index (χ1n) is 21.1. The second kappa shape index (κ2) is 18.1. The van der Waals surface area contributed by atoms with Crippen LogP contribution in [0.2, 0.25) is 0 Å². The highest BCUT2D eigenvalue weighted by Gasteiger charge is 2.22. The molecule has 5 aromatic carbocycles. The zero-order valence-corrected chi connectivity index (χ0v) is 36.5. The molecule has 6 aromatic heterocycles. The van der Waals surface area contributed by atoms with Crippen LogP contribution in [0.3, 0.4) is 0 Å². The summed E-state index contributed by atoms with van der Waals surface area (Å²) in [6.07, 6.45) is 0. The predicted octanol–water partition coefficient (Wildman–Crippen LogP) is 7.06. The number of hydrogen-bond donors (Lipinski definition) is 4. The van der Waals surface area contributed by atoms with Crippen molar-refractivity contribution < 1.29 is 19.7 Å². The minimum atomic E-state index is -0.541. The summed E-state index contributed by atoms with van der Waals surface area (Å²) in [5, 5.41) is 65.0. The molecule has 0 fully saturated rings. The zero-order chi connectivity index (χ0) is 46.7. The van der Waals surface area contributed by atoms with E-state index in [0.29, 0.717) is 52.8 Å². The van der Waals surface area contributed by atoms with E-state index >= 15 is 0 Å². The Morgan fingerprint density at radius 1 is 0.529 bits per heavy atom. The molecule has 0 radical (unpaired) electrons. The molecule has 20 heteroatoms. The van der Waals surface area contributed by atoms with Crippen LogP contribution in [0.5, 0.6) is 17.6 Å². The molecule has 11 aromatic rings. The number of aromatic amines is 2. The third-order valence-electron chi connectivity index (χ3n) is 11.2. The highest BCUT2D eigenvalue weighted by atomic mass is 16.5. The van der Waals surface area contributed by atoms with Crippen LogP contribution in [-0.2, 0) is 17.9 Å². The number of esters is 1. The number of H-pyrrole nitrogens is 2. The number of ether oxygens (including phenoxy) is 1. The Kier molecular flexibility index (Phi) is 11.3. The number of fused-ring (bicyclic) bond motifs is 2. The van der Waals surface area contributed by atoms with Crippen molar-refractivity contribution >= 4 is 28.0 Å². The number of imidazole rings is 2. The number of nitrogens with one attached hydrogen (secondary N) is 2. The Bertz CT molecular complexity index is 3560. The third kappa shape index (κ3) is 8.30. The quantitative estimate of drug-likeness (QED) is 0.100. The molecule has 334 valence electrons. The molecule has 0 spiro atoms. The maximum Gasteiger partial charge on any atom is 0.309 e. The van der Waals surface area contributed by atoms with Gasteiger partial charge in [-0.25, -0.2) is 20.2 Å². The number of nitrogens with zero attached hydrogens (tertiary/aromatic N) is 14. The van der Waals surface area contributed by atoms with Crippen LogP contribution in [0.25, 0.3) is 78.4 Å². The van der Waals surface area contributed by atoms with Gasteiger partial charge in [0, 0.05) is 36.7 Å². The van der Waals surface area contributed by atoms with Crippen LogP contribution in [0, 0.1) is 13.8 Å². The first-order chi connectivity index (χ1) is 33.2. The molecular formula is C48H38N16O4. The van der Waals surface area contributed by atoms with E-state index in [1.807, 2.05) is 115 Å². The minimum absolute atomic E-state index is 0.0361. The Morgan fingerprint density at radius 3 is 1.47 bits per heavy atom. The SMILES string of the molecule is CC(=O)Oc1nnc(O)c2c1nc(C)n2Cc1ccc(-c2ccccc2-c2nnn[nH]2)cc1.Cc1nc2c(-c3ccccc3)nnc(O)c2n1Cc1ccc(-c2ccccc2-c2nnn[nH]2)cc1. The molecule has 0 atom stereocenters. The van der Waals surface area contributed by atoms with Gasteiger partial charge in [-0.1, -0.05) is 127 Å². The van der Waals surface area contributed by atoms with Crippen LogP contribution in [0.1, 0.15) is 29.7 Å². The molecule has 4 N–H and O–H groups in total. The largest absolute Gasteiger partial charge is 0.491 e. The van der Waals surface area contributed by atoms with Gasteiger partial charge in [0.25, 0.3) is 17.6 Å². The second-order valence-electron chi connectivity index (χ2n) is 15.5. The molecular weight excluding hydrogens is 865 g/mol. The van der Waals surface area contributed by atoms with E-state index in [1.165, 1.54) is 6.92 Å². The van der Waals surface area contributed by atoms with Crippen molar-refractivity contribution in [2.24, 2.45) is 0 Å². The van der Waals surface area contributed by atoms with Crippen molar-refractivity contribution in [3.05, 3.63) is 150 Å². The van der Waals surface area contributed by atoms with Crippen LogP contribution in [0.15, 0.2) is 127 Å². The molecule has 0 aliphatic carbocycles. The molecule has 20 nitrogen and oxygen atoms in total. The van der Waals surface area contributed by atoms with Crippen LogP contribution < -0.4 is 4.74 Å². The Balaban J connectivity index is 0.000000159. The van der Waals surface area contributed by atoms with Crippen LogP contribution in [0.4, 0.5) is 0 Å². The van der Waals surface area contributed by atoms with E-state index < -0.39 is 5.97 Å². The molecule has 68 heavy (non-hydrogen) atoms. The maximum absolute atomic E-state index is 11.4. The standard InChI is InChI=1S/C26H20N8O.C22H18N8O3/c1-16-27-23-22(19-7-3-2-4-8-19)28-31-26(35)24(23)34(16)15-17-11-13-18(14-12-17)20-9-5-6-10-21(20)25-29-32-33-30-25;1-12-23-18-19(21(32)26-27-22(18)33-13(2)31)30(12)11-14-7-9-15(10-8-14)16-5-3-4-6-17(16)20-24-28-29-25-20/h2-14H,15H2,1H3,(H,31,35)(H,29,30,32,33);3-10H,11H2,1-2H3,(H,26,32)(H,24,25,28,29). The van der Waals surface area contributed by atoms with Gasteiger partial charge in [0.05, 0.1) is 0 Å². The van der Waals surface area contributed by atoms with Gasteiger partial charge in [-0.05, 0) is 68.1 Å². The highest BCUT2D eigenvalue weighted by Crippen LogP contribution is 2.35. The Hall–Kier alpha value is -9.59. The molecule has 0 bridgehead atoms. The van der Waals surface area contributed by atoms with Crippen molar-refractivity contribution in [3.8, 4) is 73.9 Å². The first kappa shape index (κ1) is 42.4. The van der Waals surface area contributed by atoms with Gasteiger partial charge < -0.3 is 24.1 Å². The van der Waals surface area contributed by atoms with Gasteiger partial charge in [0.1, 0.15) is 33.9 Å². The lowest BCUT2D eigenvalue weighted by Crippen LogP contribution is -2.06. The Labute approximate surface area is 385 Å². The van der Waals surface area contributed by atoms with Gasteiger partial charge in [-0.15, -0.1) is 30.6 Å². The highest BCUT2D eigenvalue weighted by molar-refractivity contribution is 5.92. The normalized spacial score (nSPS) is 11.2. The van der Waals surface area contributed by atoms with E-state index in [2.05, 4.69) is 90.9 Å². The monoisotopic (exact) mass is 902 g/mol. The molecule has 11 rings (SSSR count). The van der Waals surface area contributed by atoms with E-state index in [9.17, 15) is 15.0 Å². The summed E-state index contributed by atoms with van der Waals surface area (Å²) in [5.74, 6) is 1.61. The van der Waals surface area contributed by atoms with E-state index in [1.54, 1.807) is 11.5 Å². The third-order valence-corrected chi connectivity index (χ3v) is 11.2. The van der Waals surface area contributed by atoms with Crippen molar-refractivity contribution in [1.29, 1.82) is 0 Å². The fourth-order valence-corrected chi connectivity index (χ4v) is 8.03. The van der Waals surface area contributed by atoms with Crippen LogP contribution >= 0.6 is 0 Å². The van der Waals surface area contributed by atoms with E-state index in [4.69, 9.17) is 9.72 Å². The number of carbonyl (C=O) groups is 1. The number of benzene rings is 5. The van der Waals surface area contributed by atoms with Gasteiger partial charge in [0.2, 0.25) is 0 Å². The summed E-state index contributed by atoms with van der Waals surface area (Å²) in [6.45, 7) is 5.94. The molecule has 0 saturated heterocycles. The lowest BCUT2D eigenvalue weighted by molar-refractivity contribution is -0.132. The summed E-state index contributed by atoms with van der Waals surface area (Å²) < 4.78 is 8.86. The first-order valence-corrected chi connectivity index (χ1v) is 21.1. The molecule has 0 aliphatic rings. The molecule has 0 unspecified atom stereocenters. The van der Waals surface area contributed by atoms with E-state index in [0.717, 1.165) is 55.9 Å². The van der Waals surface area contributed by atoms with Gasteiger partial charge in [0.15, 0.2) is 17.2 Å². The summed E-state index contributed by atoms with van der Waals surface area (Å²) in [4.78, 5) is 20.5. The Morgan fingerprint density at radius 2 is 0.985 bits per heavy atom. The van der Waals surface area contributed by atoms with Crippen LogP contribution in [-0.4, -0.2) is 96.9 Å². The number of tetrazole rings is 2. The summed E-state index contributed by atoms with van der Waals surface area (Å²) in [7, 11) is 0.